The first kappa shape index (κ1) is 24.2. The fourth-order valence-corrected chi connectivity index (χ4v) is 2.19. The number of ether oxygens (including phenoxy) is 2. The van der Waals surface area contributed by atoms with E-state index in [1.54, 1.807) is 0 Å². The van der Waals surface area contributed by atoms with Crippen LogP contribution in [0.15, 0.2) is 24.3 Å². The maximum Gasteiger partial charge on any atom is 0.414 e. The Bertz CT molecular complexity index is 704. The summed E-state index contributed by atoms with van der Waals surface area (Å²) < 4.78 is 11.5. The van der Waals surface area contributed by atoms with Crippen molar-refractivity contribution >= 4 is 17.8 Å². The van der Waals surface area contributed by atoms with Gasteiger partial charge in [0.25, 0.3) is 5.91 Å². The third kappa shape index (κ3) is 8.79. The van der Waals surface area contributed by atoms with E-state index in [-0.39, 0.29) is 24.2 Å². The van der Waals surface area contributed by atoms with E-state index in [2.05, 4.69) is 10.6 Å². The largest absolute Gasteiger partial charge is 0.486 e. The van der Waals surface area contributed by atoms with Gasteiger partial charge in [0.2, 0.25) is 0 Å². The van der Waals surface area contributed by atoms with Crippen molar-refractivity contribution < 1.29 is 39.2 Å². The monoisotopic (exact) mass is 412 g/mol. The third-order valence-electron chi connectivity index (χ3n) is 3.77. The number of carboxylic acids is 2. The van der Waals surface area contributed by atoms with Crippen LogP contribution in [0.25, 0.3) is 0 Å². The Morgan fingerprint density at radius 3 is 2.21 bits per heavy atom. The number of amides is 1. The summed E-state index contributed by atoms with van der Waals surface area (Å²) in [5, 5.41) is 30.6. The quantitative estimate of drug-likeness (QED) is 0.428. The van der Waals surface area contributed by atoms with Crippen LogP contribution < -0.4 is 20.1 Å². The predicted molar refractivity (Wildman–Crippen MR) is 103 cm³/mol. The molecule has 0 spiro atoms. The number of aliphatic carboxylic acids is 2. The summed E-state index contributed by atoms with van der Waals surface area (Å²) in [7, 11) is 0. The average molecular weight is 412 g/mol. The lowest BCUT2D eigenvalue weighted by Crippen LogP contribution is -2.53. The molecule has 2 rings (SSSR count). The molecule has 0 aromatic heterocycles. The van der Waals surface area contributed by atoms with E-state index < -0.39 is 23.9 Å². The van der Waals surface area contributed by atoms with Crippen LogP contribution in [0.5, 0.6) is 11.5 Å². The van der Waals surface area contributed by atoms with Crippen LogP contribution in [-0.4, -0.2) is 70.1 Å². The van der Waals surface area contributed by atoms with Gasteiger partial charge >= 0.3 is 11.9 Å². The number of carbonyl (C=O) groups excluding carboxylic acids is 1. The van der Waals surface area contributed by atoms with Crippen molar-refractivity contribution in [3.05, 3.63) is 24.3 Å². The predicted octanol–water partition coefficient (Wildman–Crippen LogP) is 0.236. The summed E-state index contributed by atoms with van der Waals surface area (Å²) in [5.41, 5.74) is -0.156. The number of carbonyl (C=O) groups is 3. The SMILES string of the molecule is CC(NC(=O)C(O)CNC(C)(C)C)C1COc2ccccc2O1.O=C(O)C(=O)O. The van der Waals surface area contributed by atoms with Gasteiger partial charge in [-0.1, -0.05) is 12.1 Å². The molecule has 0 radical (unpaired) electrons. The van der Waals surface area contributed by atoms with Crippen molar-refractivity contribution in [1.29, 1.82) is 0 Å². The highest BCUT2D eigenvalue weighted by atomic mass is 16.6. The number of aliphatic hydroxyl groups excluding tert-OH is 1. The molecule has 0 fully saturated rings. The highest BCUT2D eigenvalue weighted by molar-refractivity contribution is 6.27. The number of fused-ring (bicyclic) bond motifs is 1. The van der Waals surface area contributed by atoms with Gasteiger partial charge < -0.3 is 35.4 Å². The molecule has 1 heterocycles. The van der Waals surface area contributed by atoms with Crippen LogP contribution in [0, 0.1) is 0 Å². The first-order valence-electron chi connectivity index (χ1n) is 8.99. The fourth-order valence-electron chi connectivity index (χ4n) is 2.19. The standard InChI is InChI=1S/C17H26N2O4.C2H2O4/c1-11(19-16(21)12(20)9-18-17(2,3)4)15-10-22-13-7-5-6-8-14(13)23-15;3-1(4)2(5)6/h5-8,11-12,15,18,20H,9-10H2,1-4H3,(H,19,21);(H,3,4)(H,5,6). The first-order valence-corrected chi connectivity index (χ1v) is 8.99. The van der Waals surface area contributed by atoms with Crippen molar-refractivity contribution in [3.8, 4) is 11.5 Å². The number of hydrogen-bond donors (Lipinski definition) is 5. The molecule has 1 aliphatic heterocycles. The molecule has 1 aliphatic rings. The maximum atomic E-state index is 12.1. The molecule has 162 valence electrons. The zero-order valence-corrected chi connectivity index (χ0v) is 16.8. The van der Waals surface area contributed by atoms with E-state index in [0.717, 1.165) is 0 Å². The molecule has 1 aromatic rings. The minimum absolute atomic E-state index is 0.156. The maximum absolute atomic E-state index is 12.1. The van der Waals surface area contributed by atoms with Gasteiger partial charge in [-0.15, -0.1) is 0 Å². The number of para-hydroxylation sites is 2. The molecule has 3 unspecified atom stereocenters. The van der Waals surface area contributed by atoms with Crippen molar-refractivity contribution in [2.24, 2.45) is 0 Å². The lowest BCUT2D eigenvalue weighted by atomic mass is 10.1. The second-order valence-corrected chi connectivity index (χ2v) is 7.47. The lowest BCUT2D eigenvalue weighted by molar-refractivity contribution is -0.159. The van der Waals surface area contributed by atoms with Crippen LogP contribution in [-0.2, 0) is 14.4 Å². The number of hydrogen-bond acceptors (Lipinski definition) is 7. The molecule has 29 heavy (non-hydrogen) atoms. The summed E-state index contributed by atoms with van der Waals surface area (Å²) in [6, 6.07) is 7.15. The Morgan fingerprint density at radius 2 is 1.69 bits per heavy atom. The second kappa shape index (κ2) is 10.6. The Labute approximate surface area is 168 Å². The molecule has 0 aliphatic carbocycles. The molecule has 1 aromatic carbocycles. The summed E-state index contributed by atoms with van der Waals surface area (Å²) in [5.74, 6) is -2.70. The lowest BCUT2D eigenvalue weighted by Gasteiger charge is -2.31. The van der Waals surface area contributed by atoms with E-state index in [1.807, 2.05) is 52.0 Å². The molecule has 0 saturated carbocycles. The normalized spacial score (nSPS) is 17.2. The highest BCUT2D eigenvalue weighted by Gasteiger charge is 2.28. The van der Waals surface area contributed by atoms with Crippen LogP contribution in [0.2, 0.25) is 0 Å². The van der Waals surface area contributed by atoms with Crippen molar-refractivity contribution in [2.45, 2.75) is 51.5 Å². The first-order chi connectivity index (χ1) is 13.4. The van der Waals surface area contributed by atoms with Gasteiger partial charge in [0, 0.05) is 12.1 Å². The van der Waals surface area contributed by atoms with Gasteiger partial charge in [0.15, 0.2) is 17.6 Å². The number of aliphatic hydroxyl groups is 1. The molecule has 0 bridgehead atoms. The molecule has 0 saturated heterocycles. The molecule has 1 amide bonds. The van der Waals surface area contributed by atoms with E-state index in [0.29, 0.717) is 18.1 Å². The topological polar surface area (TPSA) is 154 Å². The Kier molecular flexibility index (Phi) is 8.86. The van der Waals surface area contributed by atoms with Crippen LogP contribution in [0.3, 0.4) is 0 Å². The van der Waals surface area contributed by atoms with E-state index in [1.165, 1.54) is 0 Å². The number of benzene rings is 1. The van der Waals surface area contributed by atoms with Gasteiger partial charge in [-0.05, 0) is 39.8 Å². The average Bonchev–Trinajstić information content (AvgIpc) is 2.65. The highest BCUT2D eigenvalue weighted by Crippen LogP contribution is 2.31. The second-order valence-electron chi connectivity index (χ2n) is 7.47. The van der Waals surface area contributed by atoms with Crippen LogP contribution in [0.1, 0.15) is 27.7 Å². The minimum atomic E-state index is -1.82. The van der Waals surface area contributed by atoms with Crippen LogP contribution >= 0.6 is 0 Å². The summed E-state index contributed by atoms with van der Waals surface area (Å²) in [4.78, 5) is 30.3. The fraction of sp³-hybridized carbons (Fsp3) is 0.526. The van der Waals surface area contributed by atoms with Crippen molar-refractivity contribution in [2.75, 3.05) is 13.2 Å². The molecule has 10 heteroatoms. The number of carboxylic acid groups (broad SMARTS) is 2. The Morgan fingerprint density at radius 1 is 1.14 bits per heavy atom. The number of nitrogens with one attached hydrogen (secondary N) is 2. The van der Waals surface area contributed by atoms with Gasteiger partial charge in [-0.2, -0.15) is 0 Å². The van der Waals surface area contributed by atoms with Gasteiger partial charge in [-0.3, -0.25) is 4.79 Å². The van der Waals surface area contributed by atoms with Crippen molar-refractivity contribution in [1.82, 2.24) is 10.6 Å². The Balaban J connectivity index is 0.000000612. The number of rotatable bonds is 5. The molecular formula is C19H28N2O8. The Hall–Kier alpha value is -2.85. The molecule has 3 atom stereocenters. The zero-order chi connectivity index (χ0) is 22.2. The summed E-state index contributed by atoms with van der Waals surface area (Å²) in [6.07, 6.45) is -1.40. The van der Waals surface area contributed by atoms with Gasteiger partial charge in [-0.25, -0.2) is 9.59 Å². The molecule has 10 nitrogen and oxygen atoms in total. The summed E-state index contributed by atoms with van der Waals surface area (Å²) >= 11 is 0. The van der Waals surface area contributed by atoms with Crippen LogP contribution in [0.4, 0.5) is 0 Å². The van der Waals surface area contributed by atoms with Crippen molar-refractivity contribution in [3.63, 3.8) is 0 Å². The minimum Gasteiger partial charge on any atom is -0.486 e. The third-order valence-corrected chi connectivity index (χ3v) is 3.77. The molecule has 5 N–H and O–H groups in total. The van der Waals surface area contributed by atoms with Gasteiger partial charge in [0.1, 0.15) is 12.7 Å². The molecular weight excluding hydrogens is 384 g/mol. The van der Waals surface area contributed by atoms with E-state index in [4.69, 9.17) is 29.3 Å². The zero-order valence-electron chi connectivity index (χ0n) is 16.8. The van der Waals surface area contributed by atoms with Gasteiger partial charge in [0.05, 0.1) is 6.04 Å². The van der Waals surface area contributed by atoms with E-state index in [9.17, 15) is 9.90 Å². The smallest absolute Gasteiger partial charge is 0.414 e. The van der Waals surface area contributed by atoms with E-state index >= 15 is 0 Å². The summed E-state index contributed by atoms with van der Waals surface area (Å²) in [6.45, 7) is 8.33. The number of β-amino-alcohol motifs (C(OH)–C–C–N with tert-alkyl or cyclic N) is 1.